The first-order valence-corrected chi connectivity index (χ1v) is 10.8. The minimum absolute atomic E-state index is 0.0701. The molecular formula is C18H21N5O2S2. The third-order valence-corrected chi connectivity index (χ3v) is 7.17. The number of hydrogen-bond acceptors (Lipinski definition) is 7. The van der Waals surface area contributed by atoms with E-state index in [2.05, 4.69) is 15.2 Å². The summed E-state index contributed by atoms with van der Waals surface area (Å²) in [5.74, 6) is 0.577. The van der Waals surface area contributed by atoms with Crippen LogP contribution in [0.25, 0.3) is 0 Å². The topological polar surface area (TPSA) is 79.3 Å². The molecule has 2 amide bonds. The molecule has 142 valence electrons. The second-order valence-corrected chi connectivity index (χ2v) is 9.42. The molecule has 9 heteroatoms. The normalized spacial score (nSPS) is 22.2. The summed E-state index contributed by atoms with van der Waals surface area (Å²) in [6.07, 6.45) is 3.31. The monoisotopic (exact) mass is 403 g/mol. The van der Waals surface area contributed by atoms with Crippen LogP contribution in [0, 0.1) is 12.3 Å². The van der Waals surface area contributed by atoms with Crippen LogP contribution in [-0.2, 0) is 16.1 Å². The van der Waals surface area contributed by atoms with Crippen LogP contribution in [0.5, 0.6) is 0 Å². The van der Waals surface area contributed by atoms with E-state index in [0.29, 0.717) is 25.4 Å². The fourth-order valence-electron chi connectivity index (χ4n) is 3.75. The van der Waals surface area contributed by atoms with Crippen molar-refractivity contribution in [3.05, 3.63) is 35.1 Å². The molecule has 2 saturated heterocycles. The maximum Gasteiger partial charge on any atom is 0.233 e. The van der Waals surface area contributed by atoms with Gasteiger partial charge in [-0.3, -0.25) is 14.6 Å². The quantitative estimate of drug-likeness (QED) is 0.711. The van der Waals surface area contributed by atoms with Gasteiger partial charge in [0.15, 0.2) is 4.34 Å². The van der Waals surface area contributed by atoms with Gasteiger partial charge in [-0.1, -0.05) is 29.2 Å². The summed E-state index contributed by atoms with van der Waals surface area (Å²) in [4.78, 5) is 33.6. The molecule has 2 aromatic rings. The number of carbonyl (C=O) groups is 2. The van der Waals surface area contributed by atoms with Crippen LogP contribution in [0.3, 0.4) is 0 Å². The molecule has 2 fully saturated rings. The van der Waals surface area contributed by atoms with E-state index in [-0.39, 0.29) is 11.8 Å². The lowest BCUT2D eigenvalue weighted by Crippen LogP contribution is -2.38. The largest absolute Gasteiger partial charge is 0.341 e. The Bertz CT molecular complexity index is 843. The van der Waals surface area contributed by atoms with Crippen LogP contribution >= 0.6 is 23.1 Å². The van der Waals surface area contributed by atoms with Crippen molar-refractivity contribution in [3.63, 3.8) is 0 Å². The molecule has 2 aliphatic rings. The van der Waals surface area contributed by atoms with Crippen LogP contribution in [0.15, 0.2) is 28.7 Å². The smallest absolute Gasteiger partial charge is 0.233 e. The number of rotatable bonds is 5. The number of amides is 2. The van der Waals surface area contributed by atoms with Crippen molar-refractivity contribution >= 4 is 34.9 Å². The minimum Gasteiger partial charge on any atom is -0.341 e. The van der Waals surface area contributed by atoms with Gasteiger partial charge in [0.25, 0.3) is 0 Å². The number of likely N-dealkylation sites (tertiary alicyclic amines) is 2. The van der Waals surface area contributed by atoms with E-state index >= 15 is 0 Å². The van der Waals surface area contributed by atoms with Gasteiger partial charge in [-0.05, 0) is 31.9 Å². The number of aromatic nitrogens is 3. The first kappa shape index (κ1) is 18.4. The first-order chi connectivity index (χ1) is 13.1. The van der Waals surface area contributed by atoms with Gasteiger partial charge >= 0.3 is 0 Å². The molecule has 1 unspecified atom stereocenters. The van der Waals surface area contributed by atoms with Crippen molar-refractivity contribution in [1.82, 2.24) is 25.0 Å². The molecule has 1 atom stereocenters. The number of thioether (sulfide) groups is 1. The SMILES string of the molecule is Cc1nnc(SCC(=O)N2CCC3(CCN(Cc4ccccn4)C3=O)C2)s1. The highest BCUT2D eigenvalue weighted by Crippen LogP contribution is 2.41. The van der Waals surface area contributed by atoms with Gasteiger partial charge in [-0.2, -0.15) is 0 Å². The Morgan fingerprint density at radius 1 is 1.30 bits per heavy atom. The number of nitrogens with zero attached hydrogens (tertiary/aromatic N) is 5. The molecule has 7 nitrogen and oxygen atoms in total. The second kappa shape index (κ2) is 7.55. The Hall–Kier alpha value is -2.00. The van der Waals surface area contributed by atoms with Gasteiger partial charge in [0.1, 0.15) is 5.01 Å². The molecule has 1 spiro atoms. The Labute approximate surface area is 166 Å². The number of hydrogen-bond donors (Lipinski definition) is 0. The summed E-state index contributed by atoms with van der Waals surface area (Å²) in [6.45, 7) is 4.35. The van der Waals surface area contributed by atoms with Gasteiger partial charge in [0.05, 0.1) is 23.4 Å². The molecule has 2 aromatic heterocycles. The van der Waals surface area contributed by atoms with Crippen LogP contribution in [0.1, 0.15) is 23.5 Å². The summed E-state index contributed by atoms with van der Waals surface area (Å²) >= 11 is 2.92. The summed E-state index contributed by atoms with van der Waals surface area (Å²) in [7, 11) is 0. The maximum absolute atomic E-state index is 13.0. The first-order valence-electron chi connectivity index (χ1n) is 8.96. The van der Waals surface area contributed by atoms with E-state index in [4.69, 9.17) is 0 Å². The van der Waals surface area contributed by atoms with E-state index in [1.165, 1.54) is 23.1 Å². The Kier molecular flexibility index (Phi) is 5.14. The van der Waals surface area contributed by atoms with Crippen LogP contribution in [0.4, 0.5) is 0 Å². The molecular weight excluding hydrogens is 382 g/mol. The van der Waals surface area contributed by atoms with Crippen molar-refractivity contribution in [2.24, 2.45) is 5.41 Å². The zero-order chi connectivity index (χ0) is 18.9. The van der Waals surface area contributed by atoms with Gasteiger partial charge in [-0.15, -0.1) is 10.2 Å². The number of aryl methyl sites for hydroxylation is 1. The van der Waals surface area contributed by atoms with Crippen molar-refractivity contribution in [2.75, 3.05) is 25.4 Å². The molecule has 27 heavy (non-hydrogen) atoms. The summed E-state index contributed by atoms with van der Waals surface area (Å²) in [5, 5.41) is 8.91. The summed E-state index contributed by atoms with van der Waals surface area (Å²) in [6, 6.07) is 5.75. The number of carbonyl (C=O) groups excluding carboxylic acids is 2. The van der Waals surface area contributed by atoms with Crippen LogP contribution < -0.4 is 0 Å². The van der Waals surface area contributed by atoms with Crippen molar-refractivity contribution in [1.29, 1.82) is 0 Å². The Morgan fingerprint density at radius 3 is 2.89 bits per heavy atom. The highest BCUT2D eigenvalue weighted by Gasteiger charge is 2.51. The zero-order valence-corrected chi connectivity index (χ0v) is 16.8. The van der Waals surface area contributed by atoms with E-state index in [0.717, 1.165) is 34.4 Å². The van der Waals surface area contributed by atoms with Gasteiger partial charge in [0.2, 0.25) is 11.8 Å². The van der Waals surface area contributed by atoms with E-state index in [1.54, 1.807) is 6.20 Å². The number of pyridine rings is 1. The van der Waals surface area contributed by atoms with E-state index in [9.17, 15) is 9.59 Å². The van der Waals surface area contributed by atoms with Crippen molar-refractivity contribution in [2.45, 2.75) is 30.6 Å². The highest BCUT2D eigenvalue weighted by atomic mass is 32.2. The van der Waals surface area contributed by atoms with Gasteiger partial charge in [0, 0.05) is 25.8 Å². The molecule has 0 N–H and O–H groups in total. The fourth-order valence-corrected chi connectivity index (χ4v) is 5.46. The predicted octanol–water partition coefficient (Wildman–Crippen LogP) is 1.98. The predicted molar refractivity (Wildman–Crippen MR) is 103 cm³/mol. The molecule has 4 rings (SSSR count). The molecule has 0 aromatic carbocycles. The summed E-state index contributed by atoms with van der Waals surface area (Å²) < 4.78 is 0.813. The third-order valence-electron chi connectivity index (χ3n) is 5.21. The summed E-state index contributed by atoms with van der Waals surface area (Å²) in [5.41, 5.74) is 0.492. The molecule has 2 aliphatic heterocycles. The minimum atomic E-state index is -0.408. The Morgan fingerprint density at radius 2 is 2.15 bits per heavy atom. The van der Waals surface area contributed by atoms with Crippen LogP contribution in [-0.4, -0.2) is 62.2 Å². The maximum atomic E-state index is 13.0. The molecule has 0 saturated carbocycles. The van der Waals surface area contributed by atoms with Crippen LogP contribution in [0.2, 0.25) is 0 Å². The molecule has 0 bridgehead atoms. The van der Waals surface area contributed by atoms with Gasteiger partial charge in [-0.25, -0.2) is 0 Å². The molecule has 4 heterocycles. The molecule has 0 radical (unpaired) electrons. The zero-order valence-electron chi connectivity index (χ0n) is 15.1. The lowest BCUT2D eigenvalue weighted by atomic mass is 9.85. The average Bonchev–Trinajstić information content (AvgIpc) is 3.37. The third kappa shape index (κ3) is 3.84. The second-order valence-electron chi connectivity index (χ2n) is 7.02. The van der Waals surface area contributed by atoms with E-state index < -0.39 is 5.41 Å². The van der Waals surface area contributed by atoms with Gasteiger partial charge < -0.3 is 9.80 Å². The van der Waals surface area contributed by atoms with E-state index in [1.807, 2.05) is 34.9 Å². The van der Waals surface area contributed by atoms with Crippen molar-refractivity contribution < 1.29 is 9.59 Å². The lowest BCUT2D eigenvalue weighted by molar-refractivity contribution is -0.136. The molecule has 0 aliphatic carbocycles. The lowest BCUT2D eigenvalue weighted by Gasteiger charge is -2.23. The highest BCUT2D eigenvalue weighted by molar-refractivity contribution is 8.01. The standard InChI is InChI=1S/C18H21N5O2S2/c1-13-20-21-17(27-13)26-11-15(24)23-9-6-18(12-23)5-8-22(16(18)25)10-14-4-2-3-7-19-14/h2-4,7H,5-6,8-12H2,1H3. The average molecular weight is 404 g/mol. The Balaban J connectivity index is 1.34. The fraction of sp³-hybridized carbons (Fsp3) is 0.500. The van der Waals surface area contributed by atoms with Crippen molar-refractivity contribution in [3.8, 4) is 0 Å².